The summed E-state index contributed by atoms with van der Waals surface area (Å²) in [5.41, 5.74) is 1.01. The molecule has 0 radical (unpaired) electrons. The zero-order valence-electron chi connectivity index (χ0n) is 10.4. The second-order valence-corrected chi connectivity index (χ2v) is 5.53. The summed E-state index contributed by atoms with van der Waals surface area (Å²) < 4.78 is 28.5. The maximum Gasteiger partial charge on any atom is 0.296 e. The van der Waals surface area contributed by atoms with Crippen LogP contribution >= 0.6 is 0 Å². The lowest BCUT2D eigenvalue weighted by Gasteiger charge is -2.05. The molecule has 0 aliphatic heterocycles. The van der Waals surface area contributed by atoms with E-state index >= 15 is 0 Å². The van der Waals surface area contributed by atoms with Crippen molar-refractivity contribution in [2.24, 2.45) is 10.9 Å². The Morgan fingerprint density at radius 1 is 1.28 bits per heavy atom. The Labute approximate surface area is 108 Å². The van der Waals surface area contributed by atoms with Crippen LogP contribution in [0.3, 0.4) is 0 Å². The van der Waals surface area contributed by atoms with E-state index in [0.29, 0.717) is 6.42 Å². The lowest BCUT2D eigenvalue weighted by Crippen LogP contribution is -2.07. The first-order chi connectivity index (χ1) is 8.56. The summed E-state index contributed by atoms with van der Waals surface area (Å²) in [6, 6.07) is 6.58. The van der Waals surface area contributed by atoms with Crippen molar-refractivity contribution < 1.29 is 12.6 Å². The molecule has 0 bridgehead atoms. The van der Waals surface area contributed by atoms with Crippen molar-refractivity contribution in [3.8, 4) is 0 Å². The van der Waals surface area contributed by atoms with Crippen LogP contribution in [0.1, 0.15) is 24.8 Å². The highest BCUT2D eigenvalue weighted by atomic mass is 32.2. The average Bonchev–Trinajstić information content (AvgIpc) is 2.34. The van der Waals surface area contributed by atoms with E-state index in [0.717, 1.165) is 18.4 Å². The number of benzene rings is 1. The summed E-state index contributed by atoms with van der Waals surface area (Å²) in [6.07, 6.45) is 3.76. The van der Waals surface area contributed by atoms with E-state index in [1.165, 1.54) is 0 Å². The second-order valence-electron chi connectivity index (χ2n) is 3.92. The maximum absolute atomic E-state index is 11.8. The van der Waals surface area contributed by atoms with Gasteiger partial charge in [-0.3, -0.25) is 4.18 Å². The third kappa shape index (κ3) is 4.85. The fraction of sp³-hybridized carbons (Fsp3) is 0.417. The van der Waals surface area contributed by atoms with Crippen molar-refractivity contribution in [1.29, 1.82) is 0 Å². The number of aryl methyl sites for hydroxylation is 1. The molecule has 1 rings (SSSR count). The summed E-state index contributed by atoms with van der Waals surface area (Å²) in [5.74, 6) is 4.94. The van der Waals surface area contributed by atoms with E-state index in [9.17, 15) is 8.42 Å². The topological polar surface area (TPSA) is 81.8 Å². The molecule has 0 amide bonds. The van der Waals surface area contributed by atoms with Gasteiger partial charge in [0.1, 0.15) is 0 Å². The SMILES string of the molecule is Cc1ccc(S(=O)(=O)OCCCCC=NN)cc1. The van der Waals surface area contributed by atoms with Crippen LogP contribution in [0, 0.1) is 6.92 Å². The molecule has 6 heteroatoms. The van der Waals surface area contributed by atoms with Crippen molar-refractivity contribution in [1.82, 2.24) is 0 Å². The van der Waals surface area contributed by atoms with Crippen molar-refractivity contribution in [2.75, 3.05) is 6.61 Å². The molecule has 1 aromatic carbocycles. The maximum atomic E-state index is 11.8. The molecule has 2 N–H and O–H groups in total. The Bertz CT molecular complexity index is 481. The minimum absolute atomic E-state index is 0.175. The molecule has 0 fully saturated rings. The number of nitrogens with zero attached hydrogens (tertiary/aromatic N) is 1. The van der Waals surface area contributed by atoms with Crippen LogP contribution in [0.2, 0.25) is 0 Å². The van der Waals surface area contributed by atoms with Crippen LogP contribution < -0.4 is 5.84 Å². The minimum Gasteiger partial charge on any atom is -0.324 e. The van der Waals surface area contributed by atoms with Gasteiger partial charge in [0.25, 0.3) is 10.1 Å². The van der Waals surface area contributed by atoms with E-state index in [1.54, 1.807) is 30.5 Å². The molecule has 0 saturated heterocycles. The van der Waals surface area contributed by atoms with E-state index < -0.39 is 10.1 Å². The molecule has 0 spiro atoms. The standard InChI is InChI=1S/C12H18N2O3S/c1-11-5-7-12(8-6-11)18(15,16)17-10-4-2-3-9-14-13/h5-9H,2-4,10,13H2,1H3. The second kappa shape index (κ2) is 7.13. The molecule has 0 aliphatic rings. The Morgan fingerprint density at radius 3 is 2.56 bits per heavy atom. The number of unbranched alkanes of at least 4 members (excludes halogenated alkanes) is 2. The Balaban J connectivity index is 2.43. The largest absolute Gasteiger partial charge is 0.324 e. The smallest absolute Gasteiger partial charge is 0.296 e. The first kappa shape index (κ1) is 14.7. The van der Waals surface area contributed by atoms with Gasteiger partial charge in [-0.05, 0) is 38.3 Å². The molecule has 0 aliphatic carbocycles. The van der Waals surface area contributed by atoms with Gasteiger partial charge in [0.15, 0.2) is 0 Å². The third-order valence-corrected chi connectivity index (χ3v) is 3.71. The van der Waals surface area contributed by atoms with Crippen LogP contribution in [0.5, 0.6) is 0 Å². The average molecular weight is 270 g/mol. The van der Waals surface area contributed by atoms with Crippen molar-refractivity contribution in [3.63, 3.8) is 0 Å². The molecule has 0 atom stereocenters. The van der Waals surface area contributed by atoms with E-state index in [4.69, 9.17) is 10.0 Å². The Morgan fingerprint density at radius 2 is 1.94 bits per heavy atom. The van der Waals surface area contributed by atoms with Gasteiger partial charge in [-0.25, -0.2) is 0 Å². The van der Waals surface area contributed by atoms with Gasteiger partial charge < -0.3 is 5.84 Å². The predicted octanol–water partition coefficient (Wildman–Crippen LogP) is 1.82. The number of hydrogen-bond acceptors (Lipinski definition) is 5. The van der Waals surface area contributed by atoms with E-state index in [1.807, 2.05) is 6.92 Å². The highest BCUT2D eigenvalue weighted by Gasteiger charge is 2.13. The molecule has 0 aromatic heterocycles. The normalized spacial score (nSPS) is 12.1. The number of hydrogen-bond donors (Lipinski definition) is 1. The quantitative estimate of drug-likeness (QED) is 0.269. The molecular formula is C12H18N2O3S. The number of nitrogens with two attached hydrogens (primary N) is 1. The van der Waals surface area contributed by atoms with Crippen LogP contribution in [0.25, 0.3) is 0 Å². The molecule has 0 heterocycles. The number of hydrazone groups is 1. The van der Waals surface area contributed by atoms with Crippen LogP contribution in [-0.2, 0) is 14.3 Å². The number of rotatable bonds is 7. The summed E-state index contributed by atoms with van der Waals surface area (Å²) in [5, 5.41) is 3.35. The summed E-state index contributed by atoms with van der Waals surface area (Å²) in [4.78, 5) is 0.191. The van der Waals surface area contributed by atoms with Crippen molar-refractivity contribution in [2.45, 2.75) is 31.1 Å². The lowest BCUT2D eigenvalue weighted by molar-refractivity contribution is 0.309. The van der Waals surface area contributed by atoms with Gasteiger partial charge in [-0.1, -0.05) is 17.7 Å². The third-order valence-electron chi connectivity index (χ3n) is 2.38. The molecule has 0 unspecified atom stereocenters. The fourth-order valence-electron chi connectivity index (χ4n) is 1.35. The molecule has 5 nitrogen and oxygen atoms in total. The summed E-state index contributed by atoms with van der Waals surface area (Å²) in [6.45, 7) is 2.07. The van der Waals surface area contributed by atoms with Gasteiger partial charge in [-0.2, -0.15) is 13.5 Å². The highest BCUT2D eigenvalue weighted by molar-refractivity contribution is 7.86. The van der Waals surface area contributed by atoms with Gasteiger partial charge in [0.2, 0.25) is 0 Å². The van der Waals surface area contributed by atoms with Gasteiger partial charge in [0, 0.05) is 6.21 Å². The zero-order valence-corrected chi connectivity index (χ0v) is 11.2. The van der Waals surface area contributed by atoms with Crippen molar-refractivity contribution >= 4 is 16.3 Å². The van der Waals surface area contributed by atoms with E-state index in [-0.39, 0.29) is 11.5 Å². The molecule has 1 aromatic rings. The van der Waals surface area contributed by atoms with Crippen LogP contribution in [-0.4, -0.2) is 21.2 Å². The minimum atomic E-state index is -3.63. The Hall–Kier alpha value is -1.40. The molecule has 0 saturated carbocycles. The molecule has 18 heavy (non-hydrogen) atoms. The van der Waals surface area contributed by atoms with Crippen LogP contribution in [0.4, 0.5) is 0 Å². The highest BCUT2D eigenvalue weighted by Crippen LogP contribution is 2.13. The fourth-order valence-corrected chi connectivity index (χ4v) is 2.30. The molecule has 100 valence electrons. The first-order valence-electron chi connectivity index (χ1n) is 5.74. The predicted molar refractivity (Wildman–Crippen MR) is 70.8 cm³/mol. The lowest BCUT2D eigenvalue weighted by atomic mass is 10.2. The molecular weight excluding hydrogens is 252 g/mol. The van der Waals surface area contributed by atoms with Gasteiger partial charge >= 0.3 is 0 Å². The Kier molecular flexibility index (Phi) is 5.80. The summed E-state index contributed by atoms with van der Waals surface area (Å²) in [7, 11) is -3.63. The zero-order chi connectivity index (χ0) is 13.4. The van der Waals surface area contributed by atoms with Crippen LogP contribution in [0.15, 0.2) is 34.3 Å². The monoisotopic (exact) mass is 270 g/mol. The summed E-state index contributed by atoms with van der Waals surface area (Å²) >= 11 is 0. The van der Waals surface area contributed by atoms with Crippen molar-refractivity contribution in [3.05, 3.63) is 29.8 Å². The van der Waals surface area contributed by atoms with Gasteiger partial charge in [0.05, 0.1) is 11.5 Å². The van der Waals surface area contributed by atoms with E-state index in [2.05, 4.69) is 5.10 Å². The first-order valence-corrected chi connectivity index (χ1v) is 7.15. The van der Waals surface area contributed by atoms with Gasteiger partial charge in [-0.15, -0.1) is 0 Å².